The van der Waals surface area contributed by atoms with Crippen molar-refractivity contribution in [2.75, 3.05) is 12.3 Å². The highest BCUT2D eigenvalue weighted by Crippen LogP contribution is 2.24. The Labute approximate surface area is 118 Å². The average molecular weight is 297 g/mol. The number of anilines is 1. The largest absolute Gasteiger partial charge is 0.399 e. The number of nitrogen functional groups attached to an aromatic ring is 1. The van der Waals surface area contributed by atoms with Crippen LogP contribution in [-0.4, -0.2) is 31.2 Å². The van der Waals surface area contributed by atoms with Gasteiger partial charge in [-0.25, -0.2) is 13.1 Å². The number of sulfonamides is 1. The molecule has 110 valence electrons. The SMILES string of the molecule is CC(C)C(CO)NS(=O)(=O)c1c[nH]c2cc(N)ccc12. The molecule has 1 aromatic carbocycles. The number of aromatic amines is 1. The smallest absolute Gasteiger partial charge is 0.243 e. The predicted molar refractivity (Wildman–Crippen MR) is 78.7 cm³/mol. The lowest BCUT2D eigenvalue weighted by Crippen LogP contribution is -2.40. The van der Waals surface area contributed by atoms with Crippen molar-refractivity contribution in [3.05, 3.63) is 24.4 Å². The van der Waals surface area contributed by atoms with Crippen LogP contribution in [0.4, 0.5) is 5.69 Å². The third-order valence-corrected chi connectivity index (χ3v) is 4.80. The van der Waals surface area contributed by atoms with Gasteiger partial charge in [-0.3, -0.25) is 0 Å². The maximum absolute atomic E-state index is 12.4. The second kappa shape index (κ2) is 5.43. The quantitative estimate of drug-likeness (QED) is 0.618. The molecule has 2 aromatic rings. The topological polar surface area (TPSA) is 108 Å². The third kappa shape index (κ3) is 2.79. The van der Waals surface area contributed by atoms with E-state index in [0.717, 1.165) is 0 Å². The van der Waals surface area contributed by atoms with Crippen molar-refractivity contribution in [2.45, 2.75) is 24.8 Å². The fourth-order valence-electron chi connectivity index (χ4n) is 1.99. The molecule has 5 N–H and O–H groups in total. The summed E-state index contributed by atoms with van der Waals surface area (Å²) < 4.78 is 27.3. The molecule has 20 heavy (non-hydrogen) atoms. The maximum atomic E-state index is 12.4. The van der Waals surface area contributed by atoms with Crippen LogP contribution >= 0.6 is 0 Å². The molecule has 0 saturated carbocycles. The van der Waals surface area contributed by atoms with Gasteiger partial charge < -0.3 is 15.8 Å². The van der Waals surface area contributed by atoms with Crippen molar-refractivity contribution in [2.24, 2.45) is 5.92 Å². The molecule has 6 nitrogen and oxygen atoms in total. The van der Waals surface area contributed by atoms with E-state index in [9.17, 15) is 13.5 Å². The summed E-state index contributed by atoms with van der Waals surface area (Å²) >= 11 is 0. The van der Waals surface area contributed by atoms with Crippen molar-refractivity contribution < 1.29 is 13.5 Å². The van der Waals surface area contributed by atoms with Crippen molar-refractivity contribution in [3.63, 3.8) is 0 Å². The Morgan fingerprint density at radius 3 is 2.70 bits per heavy atom. The van der Waals surface area contributed by atoms with E-state index < -0.39 is 16.1 Å². The zero-order valence-corrected chi connectivity index (χ0v) is 12.2. The van der Waals surface area contributed by atoms with Gasteiger partial charge in [0.25, 0.3) is 0 Å². The predicted octanol–water partition coefficient (Wildman–Crippen LogP) is 1.05. The van der Waals surface area contributed by atoms with Crippen LogP contribution in [0.15, 0.2) is 29.3 Å². The van der Waals surface area contributed by atoms with Crippen molar-refractivity contribution in [3.8, 4) is 0 Å². The summed E-state index contributed by atoms with van der Waals surface area (Å²) in [6.07, 6.45) is 1.43. The molecule has 0 aliphatic rings. The number of rotatable bonds is 5. The van der Waals surface area contributed by atoms with E-state index in [4.69, 9.17) is 5.73 Å². The summed E-state index contributed by atoms with van der Waals surface area (Å²) in [4.78, 5) is 3.05. The zero-order chi connectivity index (χ0) is 14.9. The number of hydrogen-bond acceptors (Lipinski definition) is 4. The first kappa shape index (κ1) is 14.8. The number of nitrogens with two attached hydrogens (primary N) is 1. The molecule has 2 rings (SSSR count). The zero-order valence-electron chi connectivity index (χ0n) is 11.4. The Bertz CT molecular complexity index is 707. The van der Waals surface area contributed by atoms with Crippen LogP contribution < -0.4 is 10.5 Å². The molecular weight excluding hydrogens is 278 g/mol. The Morgan fingerprint density at radius 2 is 2.10 bits per heavy atom. The minimum Gasteiger partial charge on any atom is -0.399 e. The lowest BCUT2D eigenvalue weighted by molar-refractivity contribution is 0.228. The molecule has 0 aliphatic carbocycles. The van der Waals surface area contributed by atoms with E-state index in [1.807, 2.05) is 13.8 Å². The Balaban J connectivity index is 2.42. The minimum atomic E-state index is -3.69. The van der Waals surface area contributed by atoms with E-state index in [1.165, 1.54) is 6.20 Å². The van der Waals surface area contributed by atoms with Gasteiger partial charge in [0.15, 0.2) is 0 Å². The first-order chi connectivity index (χ1) is 9.35. The molecule has 0 spiro atoms. The Hall–Kier alpha value is -1.57. The molecular formula is C13H19N3O3S. The molecule has 0 fully saturated rings. The van der Waals surface area contributed by atoms with Crippen molar-refractivity contribution in [1.82, 2.24) is 9.71 Å². The summed E-state index contributed by atoms with van der Waals surface area (Å²) in [5, 5.41) is 9.83. The van der Waals surface area contributed by atoms with Crippen LogP contribution in [0, 0.1) is 5.92 Å². The van der Waals surface area contributed by atoms with Crippen LogP contribution in [0.1, 0.15) is 13.8 Å². The van der Waals surface area contributed by atoms with E-state index in [1.54, 1.807) is 18.2 Å². The lowest BCUT2D eigenvalue weighted by Gasteiger charge is -2.19. The van der Waals surface area contributed by atoms with Crippen LogP contribution in [0.5, 0.6) is 0 Å². The molecule has 0 amide bonds. The highest BCUT2D eigenvalue weighted by atomic mass is 32.2. The number of aliphatic hydroxyl groups excluding tert-OH is 1. The van der Waals surface area contributed by atoms with Crippen LogP contribution in [0.2, 0.25) is 0 Å². The normalized spacial score (nSPS) is 14.0. The highest BCUT2D eigenvalue weighted by Gasteiger charge is 2.24. The fourth-order valence-corrected chi connectivity index (χ4v) is 3.54. The van der Waals surface area contributed by atoms with Crippen molar-refractivity contribution in [1.29, 1.82) is 0 Å². The van der Waals surface area contributed by atoms with Gasteiger partial charge in [0.05, 0.1) is 6.61 Å². The van der Waals surface area contributed by atoms with Crippen LogP contribution in [0.3, 0.4) is 0 Å². The molecule has 0 bridgehead atoms. The number of benzene rings is 1. The summed E-state index contributed by atoms with van der Waals surface area (Å²) in [7, 11) is -3.69. The van der Waals surface area contributed by atoms with Gasteiger partial charge in [0, 0.05) is 28.8 Å². The highest BCUT2D eigenvalue weighted by molar-refractivity contribution is 7.89. The molecule has 1 heterocycles. The van der Waals surface area contributed by atoms with Gasteiger partial charge in [-0.2, -0.15) is 0 Å². The second-order valence-electron chi connectivity index (χ2n) is 5.11. The van der Waals surface area contributed by atoms with Gasteiger partial charge in [0.2, 0.25) is 10.0 Å². The average Bonchev–Trinajstić information content (AvgIpc) is 2.79. The van der Waals surface area contributed by atoms with E-state index in [2.05, 4.69) is 9.71 Å². The summed E-state index contributed by atoms with van der Waals surface area (Å²) in [5.74, 6) is -0.00405. The molecule has 1 aromatic heterocycles. The number of fused-ring (bicyclic) bond motifs is 1. The first-order valence-corrected chi connectivity index (χ1v) is 7.83. The third-order valence-electron chi connectivity index (χ3n) is 3.27. The first-order valence-electron chi connectivity index (χ1n) is 6.35. The summed E-state index contributed by atoms with van der Waals surface area (Å²) in [6, 6.07) is 4.49. The molecule has 0 aliphatic heterocycles. The number of aromatic nitrogens is 1. The minimum absolute atomic E-state index is 0.00405. The number of hydrogen-bond donors (Lipinski definition) is 4. The van der Waals surface area contributed by atoms with Gasteiger partial charge >= 0.3 is 0 Å². The maximum Gasteiger partial charge on any atom is 0.243 e. The van der Waals surface area contributed by atoms with E-state index in [-0.39, 0.29) is 17.4 Å². The van der Waals surface area contributed by atoms with Gasteiger partial charge in [0.1, 0.15) is 4.90 Å². The number of nitrogens with one attached hydrogen (secondary N) is 2. The second-order valence-corrected chi connectivity index (χ2v) is 6.79. The Kier molecular flexibility index (Phi) is 4.03. The molecule has 0 radical (unpaired) electrons. The molecule has 0 saturated heterocycles. The van der Waals surface area contributed by atoms with Crippen molar-refractivity contribution >= 4 is 26.6 Å². The molecule has 1 unspecified atom stereocenters. The standard InChI is InChI=1S/C13H19N3O3S/c1-8(2)12(7-17)16-20(18,19)13-6-15-11-5-9(14)3-4-10(11)13/h3-6,8,12,15-17H,7,14H2,1-2H3. The Morgan fingerprint density at radius 1 is 1.40 bits per heavy atom. The summed E-state index contributed by atoms with van der Waals surface area (Å²) in [5.41, 5.74) is 6.89. The van der Waals surface area contributed by atoms with Crippen LogP contribution in [0.25, 0.3) is 10.9 Å². The van der Waals surface area contributed by atoms with Crippen LogP contribution in [-0.2, 0) is 10.0 Å². The lowest BCUT2D eigenvalue weighted by atomic mass is 10.1. The van der Waals surface area contributed by atoms with Gasteiger partial charge in [-0.15, -0.1) is 0 Å². The monoisotopic (exact) mass is 297 g/mol. The van der Waals surface area contributed by atoms with Gasteiger partial charge in [-0.1, -0.05) is 13.8 Å². The van der Waals surface area contributed by atoms with Gasteiger partial charge in [-0.05, 0) is 24.1 Å². The number of aliphatic hydroxyl groups is 1. The molecule has 1 atom stereocenters. The number of H-pyrrole nitrogens is 1. The molecule has 7 heteroatoms. The van der Waals surface area contributed by atoms with E-state index in [0.29, 0.717) is 16.6 Å². The fraction of sp³-hybridized carbons (Fsp3) is 0.385. The summed E-state index contributed by atoms with van der Waals surface area (Å²) in [6.45, 7) is 3.45. The van der Waals surface area contributed by atoms with E-state index >= 15 is 0 Å².